The van der Waals surface area contributed by atoms with Crippen LogP contribution in [0.25, 0.3) is 0 Å². The first-order valence-corrected chi connectivity index (χ1v) is 7.98. The Morgan fingerprint density at radius 2 is 1.83 bits per heavy atom. The van der Waals surface area contributed by atoms with E-state index in [1.165, 1.54) is 0 Å². The second kappa shape index (κ2) is 7.29. The Labute approximate surface area is 136 Å². The molecule has 1 saturated carbocycles. The lowest BCUT2D eigenvalue weighted by molar-refractivity contribution is -0.123. The third kappa shape index (κ3) is 4.11. The van der Waals surface area contributed by atoms with Crippen molar-refractivity contribution in [3.8, 4) is 5.75 Å². The lowest BCUT2D eigenvalue weighted by Gasteiger charge is -2.19. The molecule has 0 unspecified atom stereocenters. The molecule has 120 valence electrons. The number of methoxy groups -OCH3 is 1. The van der Waals surface area contributed by atoms with Gasteiger partial charge in [0, 0.05) is 18.2 Å². The third-order valence-corrected chi connectivity index (χ3v) is 4.01. The van der Waals surface area contributed by atoms with Crippen LogP contribution in [-0.2, 0) is 11.3 Å². The van der Waals surface area contributed by atoms with E-state index in [4.69, 9.17) is 4.74 Å². The van der Waals surface area contributed by atoms with Crippen LogP contribution in [0.2, 0.25) is 0 Å². The van der Waals surface area contributed by atoms with Crippen molar-refractivity contribution in [3.63, 3.8) is 0 Å². The van der Waals surface area contributed by atoms with E-state index in [2.05, 4.69) is 10.6 Å². The number of carbonyl (C=O) groups excluding carboxylic acids is 1. The molecule has 0 saturated heterocycles. The van der Waals surface area contributed by atoms with E-state index in [1.54, 1.807) is 7.11 Å². The molecule has 0 heterocycles. The molecule has 3 rings (SSSR count). The molecule has 4 heteroatoms. The third-order valence-electron chi connectivity index (χ3n) is 4.01. The monoisotopic (exact) mass is 310 g/mol. The highest BCUT2D eigenvalue weighted by Gasteiger charge is 2.28. The summed E-state index contributed by atoms with van der Waals surface area (Å²) < 4.78 is 5.38. The maximum atomic E-state index is 12.6. The molecule has 1 aliphatic carbocycles. The summed E-state index contributed by atoms with van der Waals surface area (Å²) in [5.74, 6) is 0.864. The molecule has 23 heavy (non-hydrogen) atoms. The number of rotatable bonds is 7. The van der Waals surface area contributed by atoms with Crippen LogP contribution in [0.15, 0.2) is 54.6 Å². The SMILES string of the molecule is COc1ccccc1CN[C@H](C(=O)NC1CC1)c1ccccc1. The van der Waals surface area contributed by atoms with Gasteiger partial charge in [0.15, 0.2) is 0 Å². The molecule has 2 aromatic carbocycles. The van der Waals surface area contributed by atoms with Crippen LogP contribution in [0.3, 0.4) is 0 Å². The highest BCUT2D eigenvalue weighted by molar-refractivity contribution is 5.83. The number of hydrogen-bond donors (Lipinski definition) is 2. The first kappa shape index (κ1) is 15.6. The van der Waals surface area contributed by atoms with Crippen molar-refractivity contribution in [3.05, 3.63) is 65.7 Å². The smallest absolute Gasteiger partial charge is 0.241 e. The number of benzene rings is 2. The first-order chi connectivity index (χ1) is 11.3. The average molecular weight is 310 g/mol. The van der Waals surface area contributed by atoms with Gasteiger partial charge in [-0.25, -0.2) is 0 Å². The summed E-state index contributed by atoms with van der Waals surface area (Å²) in [6.45, 7) is 0.571. The molecule has 0 aromatic heterocycles. The second-order valence-corrected chi connectivity index (χ2v) is 5.82. The summed E-state index contributed by atoms with van der Waals surface area (Å²) in [5.41, 5.74) is 2.01. The van der Waals surface area contributed by atoms with Crippen molar-refractivity contribution in [1.29, 1.82) is 0 Å². The van der Waals surface area contributed by atoms with Crippen LogP contribution >= 0.6 is 0 Å². The van der Waals surface area contributed by atoms with Crippen LogP contribution in [0.5, 0.6) is 5.75 Å². The molecule has 2 aromatic rings. The molecule has 1 amide bonds. The molecule has 0 spiro atoms. The predicted molar refractivity (Wildman–Crippen MR) is 90.2 cm³/mol. The number of hydrogen-bond acceptors (Lipinski definition) is 3. The molecular formula is C19H22N2O2. The van der Waals surface area contributed by atoms with Gasteiger partial charge >= 0.3 is 0 Å². The Kier molecular flexibility index (Phi) is 4.93. The maximum absolute atomic E-state index is 12.6. The van der Waals surface area contributed by atoms with Crippen molar-refractivity contribution in [2.24, 2.45) is 0 Å². The molecule has 1 fully saturated rings. The molecule has 0 aliphatic heterocycles. The average Bonchev–Trinajstić information content (AvgIpc) is 3.40. The van der Waals surface area contributed by atoms with Crippen LogP contribution in [0, 0.1) is 0 Å². The maximum Gasteiger partial charge on any atom is 0.241 e. The quantitative estimate of drug-likeness (QED) is 0.827. The molecule has 1 aliphatic rings. The number of carbonyl (C=O) groups is 1. The van der Waals surface area contributed by atoms with Crippen LogP contribution in [0.4, 0.5) is 0 Å². The lowest BCUT2D eigenvalue weighted by atomic mass is 10.1. The number of para-hydroxylation sites is 1. The number of nitrogens with one attached hydrogen (secondary N) is 2. The summed E-state index contributed by atoms with van der Waals surface area (Å²) in [7, 11) is 1.66. The Bertz CT molecular complexity index is 653. The number of amides is 1. The van der Waals surface area contributed by atoms with Gasteiger partial charge in [0.25, 0.3) is 0 Å². The van der Waals surface area contributed by atoms with Crippen LogP contribution in [-0.4, -0.2) is 19.1 Å². The Morgan fingerprint density at radius 3 is 2.52 bits per heavy atom. The zero-order valence-electron chi connectivity index (χ0n) is 13.3. The van der Waals surface area contributed by atoms with Gasteiger partial charge < -0.3 is 10.1 Å². The van der Waals surface area contributed by atoms with Gasteiger partial charge in [-0.1, -0.05) is 48.5 Å². The topological polar surface area (TPSA) is 50.4 Å². The Balaban J connectivity index is 1.74. The van der Waals surface area contributed by atoms with E-state index < -0.39 is 0 Å². The van der Waals surface area contributed by atoms with Crippen LogP contribution < -0.4 is 15.4 Å². The van der Waals surface area contributed by atoms with E-state index in [0.717, 1.165) is 29.7 Å². The minimum absolute atomic E-state index is 0.0357. The van der Waals surface area contributed by atoms with Gasteiger partial charge in [-0.3, -0.25) is 10.1 Å². The van der Waals surface area contributed by atoms with Gasteiger partial charge in [0.1, 0.15) is 11.8 Å². The molecule has 1 atom stereocenters. The molecule has 0 radical (unpaired) electrons. The number of ether oxygens (including phenoxy) is 1. The first-order valence-electron chi connectivity index (χ1n) is 7.98. The molecule has 2 N–H and O–H groups in total. The minimum Gasteiger partial charge on any atom is -0.496 e. The summed E-state index contributed by atoms with van der Waals surface area (Å²) in [4.78, 5) is 12.6. The van der Waals surface area contributed by atoms with Gasteiger partial charge in [-0.05, 0) is 24.5 Å². The zero-order chi connectivity index (χ0) is 16.1. The fraction of sp³-hybridized carbons (Fsp3) is 0.316. The van der Waals surface area contributed by atoms with E-state index in [1.807, 2.05) is 54.6 Å². The molecular weight excluding hydrogens is 288 g/mol. The van der Waals surface area contributed by atoms with E-state index in [-0.39, 0.29) is 11.9 Å². The fourth-order valence-corrected chi connectivity index (χ4v) is 2.58. The summed E-state index contributed by atoms with van der Waals surface area (Å²) in [6, 6.07) is 17.7. The summed E-state index contributed by atoms with van der Waals surface area (Å²) >= 11 is 0. The van der Waals surface area contributed by atoms with E-state index in [9.17, 15) is 4.79 Å². The van der Waals surface area contributed by atoms with Gasteiger partial charge in [-0.2, -0.15) is 0 Å². The Hall–Kier alpha value is -2.33. The highest BCUT2D eigenvalue weighted by atomic mass is 16.5. The van der Waals surface area contributed by atoms with E-state index in [0.29, 0.717) is 12.6 Å². The van der Waals surface area contributed by atoms with Crippen molar-refractivity contribution in [2.45, 2.75) is 31.5 Å². The van der Waals surface area contributed by atoms with Crippen molar-refractivity contribution in [2.75, 3.05) is 7.11 Å². The lowest BCUT2D eigenvalue weighted by Crippen LogP contribution is -2.38. The highest BCUT2D eigenvalue weighted by Crippen LogP contribution is 2.22. The summed E-state index contributed by atoms with van der Waals surface area (Å²) in [5, 5.41) is 6.45. The fourth-order valence-electron chi connectivity index (χ4n) is 2.58. The molecule has 4 nitrogen and oxygen atoms in total. The van der Waals surface area contributed by atoms with Gasteiger partial charge in [0.2, 0.25) is 5.91 Å². The Morgan fingerprint density at radius 1 is 1.13 bits per heavy atom. The van der Waals surface area contributed by atoms with Gasteiger partial charge in [-0.15, -0.1) is 0 Å². The van der Waals surface area contributed by atoms with Crippen molar-refractivity contribution < 1.29 is 9.53 Å². The molecule has 0 bridgehead atoms. The predicted octanol–water partition coefficient (Wildman–Crippen LogP) is 2.80. The zero-order valence-corrected chi connectivity index (χ0v) is 13.3. The van der Waals surface area contributed by atoms with E-state index >= 15 is 0 Å². The summed E-state index contributed by atoms with van der Waals surface area (Å²) in [6.07, 6.45) is 2.17. The van der Waals surface area contributed by atoms with Crippen molar-refractivity contribution in [1.82, 2.24) is 10.6 Å². The van der Waals surface area contributed by atoms with Gasteiger partial charge in [0.05, 0.1) is 7.11 Å². The van der Waals surface area contributed by atoms with Crippen LogP contribution in [0.1, 0.15) is 30.0 Å². The second-order valence-electron chi connectivity index (χ2n) is 5.82. The largest absolute Gasteiger partial charge is 0.496 e. The standard InChI is InChI=1S/C19H22N2O2/c1-23-17-10-6-5-9-15(17)13-20-18(14-7-3-2-4-8-14)19(22)21-16-11-12-16/h2-10,16,18,20H,11-13H2,1H3,(H,21,22)/t18-/m0/s1. The van der Waals surface area contributed by atoms with Crippen molar-refractivity contribution >= 4 is 5.91 Å². The normalized spacial score (nSPS) is 15.0. The minimum atomic E-state index is -0.360.